The highest BCUT2D eigenvalue weighted by Crippen LogP contribution is 2.39. The number of benzene rings is 2. The van der Waals surface area contributed by atoms with Gasteiger partial charge in [-0.2, -0.15) is 0 Å². The molecule has 2 aromatic rings. The van der Waals surface area contributed by atoms with E-state index < -0.39 is 0 Å². The number of carbonyl (C=O) groups excluding carboxylic acids is 1. The molecule has 0 aliphatic heterocycles. The molecule has 0 radical (unpaired) electrons. The van der Waals surface area contributed by atoms with Gasteiger partial charge in [0.05, 0.1) is 25.9 Å². The average Bonchev–Trinajstić information content (AvgIpc) is 3.07. The molecule has 0 aromatic heterocycles. The summed E-state index contributed by atoms with van der Waals surface area (Å²) >= 11 is 0. The van der Waals surface area contributed by atoms with Crippen LogP contribution in [0, 0.1) is 0 Å². The van der Waals surface area contributed by atoms with Gasteiger partial charge < -0.3 is 19.5 Å². The third kappa shape index (κ3) is 4.18. The van der Waals surface area contributed by atoms with Crippen molar-refractivity contribution in [3.8, 4) is 17.2 Å². The lowest BCUT2D eigenvalue weighted by Crippen LogP contribution is -2.27. The molecule has 0 fully saturated rings. The van der Waals surface area contributed by atoms with Crippen LogP contribution in [0.4, 0.5) is 0 Å². The molecule has 5 nitrogen and oxygen atoms in total. The molecule has 0 saturated heterocycles. The second-order valence-electron chi connectivity index (χ2n) is 6.36. The minimum Gasteiger partial charge on any atom is -0.490 e. The number of hydrogen-bond donors (Lipinski definition) is 1. The van der Waals surface area contributed by atoms with Crippen molar-refractivity contribution < 1.29 is 19.0 Å². The van der Waals surface area contributed by atoms with Crippen molar-refractivity contribution in [2.45, 2.75) is 39.7 Å². The maximum absolute atomic E-state index is 12.9. The molecule has 1 amide bonds. The van der Waals surface area contributed by atoms with E-state index in [2.05, 4.69) is 17.4 Å². The van der Waals surface area contributed by atoms with Crippen LogP contribution < -0.4 is 19.5 Å². The Morgan fingerprint density at radius 3 is 2.26 bits per heavy atom. The molecule has 0 spiro atoms. The molecule has 1 aliphatic carbocycles. The molecule has 1 N–H and O–H groups in total. The number of hydrogen-bond acceptors (Lipinski definition) is 4. The van der Waals surface area contributed by atoms with Crippen LogP contribution in [0.5, 0.6) is 17.2 Å². The molecule has 3 rings (SSSR count). The summed E-state index contributed by atoms with van der Waals surface area (Å²) < 4.78 is 17.1. The number of aryl methyl sites for hydroxylation is 1. The highest BCUT2D eigenvalue weighted by molar-refractivity contribution is 5.96. The summed E-state index contributed by atoms with van der Waals surface area (Å²) in [7, 11) is 0. The molecule has 0 saturated carbocycles. The normalized spacial score (nSPS) is 15.1. The monoisotopic (exact) mass is 369 g/mol. The van der Waals surface area contributed by atoms with Crippen LogP contribution in [0.25, 0.3) is 0 Å². The first-order valence-electron chi connectivity index (χ1n) is 9.63. The molecule has 1 aliphatic rings. The third-order valence-corrected chi connectivity index (χ3v) is 4.61. The van der Waals surface area contributed by atoms with Crippen molar-refractivity contribution in [3.05, 3.63) is 53.1 Å². The predicted molar refractivity (Wildman–Crippen MR) is 105 cm³/mol. The van der Waals surface area contributed by atoms with Crippen LogP contribution in [-0.2, 0) is 6.42 Å². The number of fused-ring (bicyclic) bond motifs is 1. The van der Waals surface area contributed by atoms with E-state index >= 15 is 0 Å². The van der Waals surface area contributed by atoms with Gasteiger partial charge in [0.2, 0.25) is 5.75 Å². The van der Waals surface area contributed by atoms with E-state index in [1.807, 2.05) is 32.9 Å². The fraction of sp³-hybridized carbons (Fsp3) is 0.409. The fourth-order valence-corrected chi connectivity index (χ4v) is 3.47. The Labute approximate surface area is 160 Å². The lowest BCUT2D eigenvalue weighted by atomic mass is 10.1. The Hall–Kier alpha value is -2.69. The molecule has 0 unspecified atom stereocenters. The highest BCUT2D eigenvalue weighted by Gasteiger charge is 2.25. The van der Waals surface area contributed by atoms with Crippen LogP contribution >= 0.6 is 0 Å². The van der Waals surface area contributed by atoms with Crippen LogP contribution in [0.3, 0.4) is 0 Å². The summed E-state index contributed by atoms with van der Waals surface area (Å²) in [6.45, 7) is 7.16. The highest BCUT2D eigenvalue weighted by atomic mass is 16.5. The summed E-state index contributed by atoms with van der Waals surface area (Å²) in [4.78, 5) is 12.9. The van der Waals surface area contributed by atoms with Crippen LogP contribution in [0.2, 0.25) is 0 Å². The smallest absolute Gasteiger partial charge is 0.252 e. The summed E-state index contributed by atoms with van der Waals surface area (Å²) in [5, 5.41) is 3.15. The van der Waals surface area contributed by atoms with Crippen molar-refractivity contribution in [2.24, 2.45) is 0 Å². The van der Waals surface area contributed by atoms with Gasteiger partial charge in [-0.1, -0.05) is 24.3 Å². The lowest BCUT2D eigenvalue weighted by molar-refractivity contribution is 0.0935. The Morgan fingerprint density at radius 2 is 1.63 bits per heavy atom. The van der Waals surface area contributed by atoms with E-state index in [1.54, 1.807) is 12.1 Å². The van der Waals surface area contributed by atoms with E-state index in [9.17, 15) is 4.79 Å². The summed E-state index contributed by atoms with van der Waals surface area (Å²) in [5.41, 5.74) is 3.01. The Balaban J connectivity index is 1.87. The van der Waals surface area contributed by atoms with Crippen molar-refractivity contribution in [1.29, 1.82) is 0 Å². The minimum atomic E-state index is -0.137. The molecule has 144 valence electrons. The fourth-order valence-electron chi connectivity index (χ4n) is 3.47. The second kappa shape index (κ2) is 8.80. The van der Waals surface area contributed by atoms with Gasteiger partial charge in [0, 0.05) is 5.56 Å². The molecular weight excluding hydrogens is 342 g/mol. The van der Waals surface area contributed by atoms with Gasteiger partial charge >= 0.3 is 0 Å². The zero-order valence-corrected chi connectivity index (χ0v) is 16.2. The topological polar surface area (TPSA) is 56.8 Å². The quantitative estimate of drug-likeness (QED) is 0.754. The number of nitrogens with one attached hydrogen (secondary N) is 1. The van der Waals surface area contributed by atoms with E-state index in [0.29, 0.717) is 42.6 Å². The average molecular weight is 369 g/mol. The van der Waals surface area contributed by atoms with Crippen molar-refractivity contribution >= 4 is 5.91 Å². The van der Waals surface area contributed by atoms with Gasteiger partial charge in [0.15, 0.2) is 11.5 Å². The zero-order chi connectivity index (χ0) is 19.2. The molecule has 27 heavy (non-hydrogen) atoms. The van der Waals surface area contributed by atoms with Crippen LogP contribution in [0.15, 0.2) is 36.4 Å². The number of ether oxygens (including phenoxy) is 3. The summed E-state index contributed by atoms with van der Waals surface area (Å²) in [6, 6.07) is 11.8. The predicted octanol–water partition coefficient (Wildman–Crippen LogP) is 4.30. The summed E-state index contributed by atoms with van der Waals surface area (Å²) in [5.74, 6) is 1.47. The van der Waals surface area contributed by atoms with Gasteiger partial charge in [0.25, 0.3) is 5.91 Å². The first-order chi connectivity index (χ1) is 13.2. The van der Waals surface area contributed by atoms with Gasteiger partial charge in [-0.15, -0.1) is 0 Å². The number of rotatable bonds is 8. The van der Waals surface area contributed by atoms with E-state index in [0.717, 1.165) is 12.8 Å². The number of carbonyl (C=O) groups is 1. The molecule has 1 atom stereocenters. The zero-order valence-electron chi connectivity index (χ0n) is 16.2. The molecule has 5 heteroatoms. The minimum absolute atomic E-state index is 0.0337. The van der Waals surface area contributed by atoms with Crippen molar-refractivity contribution in [1.82, 2.24) is 5.32 Å². The third-order valence-electron chi connectivity index (χ3n) is 4.61. The van der Waals surface area contributed by atoms with E-state index in [1.165, 1.54) is 11.1 Å². The van der Waals surface area contributed by atoms with Gasteiger partial charge in [-0.3, -0.25) is 4.79 Å². The molecule has 0 heterocycles. The molecule has 2 aromatic carbocycles. The van der Waals surface area contributed by atoms with Gasteiger partial charge in [-0.25, -0.2) is 0 Å². The van der Waals surface area contributed by atoms with Crippen molar-refractivity contribution in [3.63, 3.8) is 0 Å². The Kier molecular flexibility index (Phi) is 6.22. The maximum atomic E-state index is 12.9. The van der Waals surface area contributed by atoms with Crippen LogP contribution in [-0.4, -0.2) is 25.7 Å². The van der Waals surface area contributed by atoms with E-state index in [-0.39, 0.29) is 11.9 Å². The van der Waals surface area contributed by atoms with Gasteiger partial charge in [0.1, 0.15) is 0 Å². The number of amides is 1. The summed E-state index contributed by atoms with van der Waals surface area (Å²) in [6.07, 6.45) is 1.90. The van der Waals surface area contributed by atoms with Crippen LogP contribution in [0.1, 0.15) is 54.7 Å². The SMILES string of the molecule is CCOc1cc(C(=O)N[C@@H]2CCc3ccccc32)cc(OCC)c1OCC. The van der Waals surface area contributed by atoms with Crippen molar-refractivity contribution in [2.75, 3.05) is 19.8 Å². The van der Waals surface area contributed by atoms with E-state index in [4.69, 9.17) is 14.2 Å². The van der Waals surface area contributed by atoms with Gasteiger partial charge in [-0.05, 0) is 56.9 Å². The molecule has 0 bridgehead atoms. The Morgan fingerprint density at radius 1 is 1.00 bits per heavy atom. The largest absolute Gasteiger partial charge is 0.490 e. The lowest BCUT2D eigenvalue weighted by Gasteiger charge is -2.18. The molecular formula is C22H27NO4. The standard InChI is InChI=1S/C22H27NO4/c1-4-25-19-13-16(14-20(26-5-2)21(19)27-6-3)22(24)23-18-12-11-15-9-7-8-10-17(15)18/h7-10,13-14,18H,4-6,11-12H2,1-3H3,(H,23,24)/t18-/m1/s1. The maximum Gasteiger partial charge on any atom is 0.252 e. The Bertz CT molecular complexity index is 776. The first-order valence-corrected chi connectivity index (χ1v) is 9.63. The second-order valence-corrected chi connectivity index (χ2v) is 6.36. The first kappa shape index (κ1) is 19.1.